The molecule has 0 N–H and O–H groups in total. The maximum absolute atomic E-state index is 8.10. The number of methoxy groups -OCH3 is 1. The Morgan fingerprint density at radius 3 is 2.10 bits per heavy atom. The summed E-state index contributed by atoms with van der Waals surface area (Å²) in [5.41, 5.74) is 4.26. The van der Waals surface area contributed by atoms with Gasteiger partial charge in [0, 0.05) is 6.21 Å². The zero-order chi connectivity index (χ0) is 33.4. The number of benzene rings is 4. The zero-order valence-corrected chi connectivity index (χ0v) is 30.3. The average molecular weight is 654 g/mol. The van der Waals surface area contributed by atoms with Crippen molar-refractivity contribution < 1.29 is 9.16 Å². The van der Waals surface area contributed by atoms with Crippen LogP contribution in [0.1, 0.15) is 76.0 Å². The second kappa shape index (κ2) is 13.3. The van der Waals surface area contributed by atoms with Gasteiger partial charge in [0.25, 0.3) is 8.32 Å². The number of nitrogens with zero attached hydrogens (tertiary/aromatic N) is 1. The second-order valence-electron chi connectivity index (χ2n) is 15.6. The lowest BCUT2D eigenvalue weighted by Gasteiger charge is -2.53. The molecular formula is C44H51NO2Si. The highest BCUT2D eigenvalue weighted by Crippen LogP contribution is 2.63. The quantitative estimate of drug-likeness (QED) is 0.140. The molecule has 2 fully saturated rings. The maximum Gasteiger partial charge on any atom is 0.261 e. The van der Waals surface area contributed by atoms with Gasteiger partial charge >= 0.3 is 0 Å². The summed E-state index contributed by atoms with van der Waals surface area (Å²) in [6.45, 7) is 9.77. The van der Waals surface area contributed by atoms with Crippen molar-refractivity contribution in [1.29, 1.82) is 0 Å². The molecule has 2 saturated carbocycles. The van der Waals surface area contributed by atoms with E-state index < -0.39 is 8.32 Å². The minimum atomic E-state index is -2.80. The summed E-state index contributed by atoms with van der Waals surface area (Å²) in [5, 5.41) is 2.60. The van der Waals surface area contributed by atoms with Crippen LogP contribution in [0, 0.1) is 17.3 Å². The minimum absolute atomic E-state index is 0.0217. The molecule has 4 heteroatoms. The van der Waals surface area contributed by atoms with E-state index in [-0.39, 0.29) is 22.6 Å². The van der Waals surface area contributed by atoms with Crippen LogP contribution < -0.4 is 15.1 Å². The van der Waals surface area contributed by atoms with Crippen LogP contribution >= 0.6 is 0 Å². The zero-order valence-electron chi connectivity index (χ0n) is 29.3. The third kappa shape index (κ3) is 5.81. The molecular weight excluding hydrogens is 603 g/mol. The molecule has 4 aromatic rings. The lowest BCUT2D eigenvalue weighted by atomic mass is 9.55. The van der Waals surface area contributed by atoms with E-state index in [0.717, 1.165) is 25.0 Å². The molecule has 0 bridgehead atoms. The largest absolute Gasteiger partial charge is 0.497 e. The molecule has 0 radical (unpaired) electrons. The van der Waals surface area contributed by atoms with Crippen LogP contribution in [0.2, 0.25) is 5.04 Å². The lowest BCUT2D eigenvalue weighted by Crippen LogP contribution is -2.69. The normalized spacial score (nSPS) is 27.1. The third-order valence-electron chi connectivity index (χ3n) is 12.0. The number of hydrogen-bond donors (Lipinski definition) is 0. The van der Waals surface area contributed by atoms with Gasteiger partial charge in [0.05, 0.1) is 19.3 Å². The Bertz CT molecular complexity index is 1710. The minimum Gasteiger partial charge on any atom is -0.497 e. The van der Waals surface area contributed by atoms with Crippen LogP contribution in [0.4, 0.5) is 0 Å². The molecule has 7 rings (SSSR count). The summed E-state index contributed by atoms with van der Waals surface area (Å²) in [5.74, 6) is 2.75. The summed E-state index contributed by atoms with van der Waals surface area (Å²) in [6.07, 6.45) is 12.1. The maximum atomic E-state index is 8.10. The first-order chi connectivity index (χ1) is 23.2. The number of allylic oxidation sites excluding steroid dienone is 1. The van der Waals surface area contributed by atoms with Gasteiger partial charge in [-0.05, 0) is 106 Å². The summed E-state index contributed by atoms with van der Waals surface area (Å²) in [4.78, 5) is 5.42. The fourth-order valence-electron chi connectivity index (χ4n) is 9.77. The molecule has 0 amide bonds. The smallest absolute Gasteiger partial charge is 0.261 e. The first kappa shape index (κ1) is 32.8. The van der Waals surface area contributed by atoms with E-state index in [1.54, 1.807) is 12.7 Å². The van der Waals surface area contributed by atoms with Gasteiger partial charge in [0.1, 0.15) is 5.75 Å². The van der Waals surface area contributed by atoms with E-state index in [9.17, 15) is 0 Å². The number of aryl methyl sites for hydroxylation is 1. The molecule has 6 atom stereocenters. The molecule has 0 aliphatic heterocycles. The monoisotopic (exact) mass is 653 g/mol. The number of hydrogen-bond acceptors (Lipinski definition) is 3. The van der Waals surface area contributed by atoms with Gasteiger partial charge in [-0.2, -0.15) is 0 Å². The van der Waals surface area contributed by atoms with Crippen molar-refractivity contribution in [3.63, 3.8) is 0 Å². The van der Waals surface area contributed by atoms with Crippen LogP contribution in [0.3, 0.4) is 0 Å². The summed E-state index contributed by atoms with van der Waals surface area (Å²) >= 11 is 0. The van der Waals surface area contributed by atoms with Crippen LogP contribution in [0.5, 0.6) is 5.75 Å². The number of ether oxygens (including phenoxy) is 1. The van der Waals surface area contributed by atoms with E-state index in [2.05, 4.69) is 155 Å². The van der Waals surface area contributed by atoms with Gasteiger partial charge in [-0.25, -0.2) is 0 Å². The molecule has 0 heterocycles. The van der Waals surface area contributed by atoms with Crippen molar-refractivity contribution in [3.8, 4) is 5.75 Å². The standard InChI is InChI=1S/C44H51NO2Si/c1-43(2,3)48(35-19-11-7-12-20-35,36-21-13-8-14-22-36)47-42-41(45-29-15-18-32-16-9-6-10-17-32)31-40-39-25-23-33-30-34(46-5)24-26-37(33)38(39)27-28-44(40,42)4/h6-22,24,26,29-30,38-42H,23,25,27-28,31H2,1-5H3/b18-15+,45-29?/t38-,39-,40+,41+,42+,44+/m1/s1. The first-order valence-electron chi connectivity index (χ1n) is 18.0. The SMILES string of the molecule is COc1ccc2c(c1)CC[C@@H]1[C@@H]2CC[C@@]2(C)[C@H]1C[C@H](N=C/C=C/c1ccccc1)[C@@H]2O[Si](c1ccccc1)(c1ccccc1)C(C)(C)C. The Morgan fingerprint density at radius 1 is 0.833 bits per heavy atom. The number of rotatable bonds is 8. The Labute approximate surface area is 289 Å². The molecule has 48 heavy (non-hydrogen) atoms. The topological polar surface area (TPSA) is 30.8 Å². The highest BCUT2D eigenvalue weighted by molar-refractivity contribution is 6.99. The van der Waals surface area contributed by atoms with Gasteiger partial charge in [0.15, 0.2) is 0 Å². The van der Waals surface area contributed by atoms with Crippen molar-refractivity contribution in [2.24, 2.45) is 22.2 Å². The van der Waals surface area contributed by atoms with Crippen molar-refractivity contribution in [2.75, 3.05) is 7.11 Å². The summed E-state index contributed by atoms with van der Waals surface area (Å²) < 4.78 is 13.7. The molecule has 0 aromatic heterocycles. The van der Waals surface area contributed by atoms with E-state index in [1.165, 1.54) is 34.3 Å². The van der Waals surface area contributed by atoms with Crippen LogP contribution in [0.15, 0.2) is 120 Å². The van der Waals surface area contributed by atoms with E-state index in [1.807, 2.05) is 0 Å². The van der Waals surface area contributed by atoms with Gasteiger partial charge in [-0.15, -0.1) is 0 Å². The molecule has 248 valence electrons. The Kier molecular flexibility index (Phi) is 9.08. The van der Waals surface area contributed by atoms with Gasteiger partial charge in [-0.1, -0.05) is 131 Å². The first-order valence-corrected chi connectivity index (χ1v) is 19.9. The van der Waals surface area contributed by atoms with Crippen molar-refractivity contribution in [2.45, 2.75) is 82.9 Å². The van der Waals surface area contributed by atoms with Crippen LogP contribution in [-0.4, -0.2) is 33.8 Å². The van der Waals surface area contributed by atoms with Crippen molar-refractivity contribution >= 4 is 31.0 Å². The third-order valence-corrected chi connectivity index (χ3v) is 17.1. The average Bonchev–Trinajstić information content (AvgIpc) is 3.39. The van der Waals surface area contributed by atoms with E-state index >= 15 is 0 Å². The fraction of sp³-hybridized carbons (Fsp3) is 0.386. The number of fused-ring (bicyclic) bond motifs is 5. The van der Waals surface area contributed by atoms with Crippen LogP contribution in [0.25, 0.3) is 6.08 Å². The number of aliphatic imine (C=N–C) groups is 1. The summed E-state index contributed by atoms with van der Waals surface area (Å²) in [6, 6.07) is 39.8. The molecule has 0 spiro atoms. The van der Waals surface area contributed by atoms with E-state index in [4.69, 9.17) is 14.2 Å². The predicted octanol–water partition coefficient (Wildman–Crippen LogP) is 9.26. The Hall–Kier alpha value is -3.73. The molecule has 3 nitrogen and oxygen atoms in total. The van der Waals surface area contributed by atoms with Gasteiger partial charge < -0.3 is 9.16 Å². The van der Waals surface area contributed by atoms with Crippen molar-refractivity contribution in [1.82, 2.24) is 0 Å². The molecule has 3 aliphatic rings. The lowest BCUT2D eigenvalue weighted by molar-refractivity contribution is -0.0173. The predicted molar refractivity (Wildman–Crippen MR) is 203 cm³/mol. The van der Waals surface area contributed by atoms with Crippen LogP contribution in [-0.2, 0) is 10.8 Å². The fourth-order valence-corrected chi connectivity index (χ4v) is 14.6. The summed E-state index contributed by atoms with van der Waals surface area (Å²) in [7, 11) is -1.02. The highest BCUT2D eigenvalue weighted by atomic mass is 28.4. The molecule has 0 unspecified atom stereocenters. The van der Waals surface area contributed by atoms with Crippen molar-refractivity contribution in [3.05, 3.63) is 132 Å². The van der Waals surface area contributed by atoms with Gasteiger partial charge in [0.2, 0.25) is 0 Å². The Balaban J connectivity index is 1.31. The Morgan fingerprint density at radius 2 is 1.48 bits per heavy atom. The molecule has 3 aliphatic carbocycles. The second-order valence-corrected chi connectivity index (χ2v) is 19.9. The van der Waals surface area contributed by atoms with E-state index in [0.29, 0.717) is 17.8 Å². The van der Waals surface area contributed by atoms with Gasteiger partial charge in [-0.3, -0.25) is 4.99 Å². The highest BCUT2D eigenvalue weighted by Gasteiger charge is 2.62. The molecule has 0 saturated heterocycles. The molecule has 4 aromatic carbocycles.